The van der Waals surface area contributed by atoms with Crippen molar-refractivity contribution in [3.63, 3.8) is 0 Å². The van der Waals surface area contributed by atoms with Crippen LogP contribution >= 0.6 is 11.8 Å². The Labute approximate surface area is 155 Å². The zero-order chi connectivity index (χ0) is 18.5. The average molecular weight is 373 g/mol. The van der Waals surface area contributed by atoms with Crippen LogP contribution in [0.25, 0.3) is 0 Å². The number of thioether (sulfide) groups is 1. The van der Waals surface area contributed by atoms with Gasteiger partial charge in [0, 0.05) is 16.6 Å². The number of nitrogens with one attached hydrogen (secondary N) is 1. The van der Waals surface area contributed by atoms with Crippen LogP contribution in [0.15, 0.2) is 47.4 Å². The predicted molar refractivity (Wildman–Crippen MR) is 99.2 cm³/mol. The first-order chi connectivity index (χ1) is 12.6. The number of carbonyl (C=O) groups is 2. The van der Waals surface area contributed by atoms with Gasteiger partial charge in [-0.25, -0.2) is 0 Å². The van der Waals surface area contributed by atoms with E-state index in [1.807, 2.05) is 12.1 Å². The molecule has 6 nitrogen and oxygen atoms in total. The lowest BCUT2D eigenvalue weighted by molar-refractivity contribution is -0.139. The Morgan fingerprint density at radius 3 is 2.62 bits per heavy atom. The Bertz CT molecular complexity index is 823. The van der Waals surface area contributed by atoms with Crippen LogP contribution in [0.3, 0.4) is 0 Å². The molecule has 0 bridgehead atoms. The second kappa shape index (κ2) is 8.14. The molecule has 0 radical (unpaired) electrons. The van der Waals surface area contributed by atoms with Crippen molar-refractivity contribution in [3.8, 4) is 11.5 Å². The number of benzene rings is 2. The second-order valence-electron chi connectivity index (χ2n) is 5.59. The summed E-state index contributed by atoms with van der Waals surface area (Å²) in [5.41, 5.74) is 1.10. The SMILES string of the molecule is COC(=O)C(C)Sc1ccccc1C(=O)Nc1ccc2c(c1)OCCO2. The summed E-state index contributed by atoms with van der Waals surface area (Å²) in [7, 11) is 1.35. The minimum Gasteiger partial charge on any atom is -0.486 e. The molecule has 1 aliphatic heterocycles. The van der Waals surface area contributed by atoms with Crippen LogP contribution < -0.4 is 14.8 Å². The first kappa shape index (κ1) is 18.1. The van der Waals surface area contributed by atoms with E-state index in [0.717, 1.165) is 0 Å². The van der Waals surface area contributed by atoms with Crippen molar-refractivity contribution >= 4 is 29.3 Å². The van der Waals surface area contributed by atoms with Gasteiger partial charge < -0.3 is 19.5 Å². The highest BCUT2D eigenvalue weighted by molar-refractivity contribution is 8.00. The minimum atomic E-state index is -0.414. The number of rotatable bonds is 5. The van der Waals surface area contributed by atoms with Gasteiger partial charge in [0.15, 0.2) is 11.5 Å². The van der Waals surface area contributed by atoms with E-state index in [-0.39, 0.29) is 11.9 Å². The van der Waals surface area contributed by atoms with Crippen LogP contribution in [0, 0.1) is 0 Å². The molecule has 7 heteroatoms. The van der Waals surface area contributed by atoms with Gasteiger partial charge in [-0.3, -0.25) is 9.59 Å². The summed E-state index contributed by atoms with van der Waals surface area (Å²) in [5, 5.41) is 2.45. The van der Waals surface area contributed by atoms with Crippen molar-refractivity contribution in [2.45, 2.75) is 17.1 Å². The highest BCUT2D eigenvalue weighted by atomic mass is 32.2. The first-order valence-corrected chi connectivity index (χ1v) is 9.01. The van der Waals surface area contributed by atoms with E-state index in [9.17, 15) is 9.59 Å². The van der Waals surface area contributed by atoms with Gasteiger partial charge in [0.2, 0.25) is 0 Å². The molecule has 1 unspecified atom stereocenters. The molecule has 0 fully saturated rings. The summed E-state index contributed by atoms with van der Waals surface area (Å²) in [6.45, 7) is 2.74. The first-order valence-electron chi connectivity index (χ1n) is 8.13. The largest absolute Gasteiger partial charge is 0.486 e. The topological polar surface area (TPSA) is 73.9 Å². The summed E-state index contributed by atoms with van der Waals surface area (Å²) in [5.74, 6) is 0.673. The van der Waals surface area contributed by atoms with Gasteiger partial charge in [0.05, 0.1) is 12.7 Å². The van der Waals surface area contributed by atoms with Crippen molar-refractivity contribution in [3.05, 3.63) is 48.0 Å². The highest BCUT2D eigenvalue weighted by Crippen LogP contribution is 2.33. The molecular weight excluding hydrogens is 354 g/mol. The number of hydrogen-bond acceptors (Lipinski definition) is 6. The highest BCUT2D eigenvalue weighted by Gasteiger charge is 2.19. The van der Waals surface area contributed by atoms with E-state index in [1.54, 1.807) is 37.3 Å². The molecule has 0 saturated carbocycles. The zero-order valence-electron chi connectivity index (χ0n) is 14.5. The summed E-state index contributed by atoms with van der Waals surface area (Å²) >= 11 is 1.28. The molecular formula is C19H19NO5S. The summed E-state index contributed by atoms with van der Waals surface area (Å²) < 4.78 is 15.8. The number of esters is 1. The number of fused-ring (bicyclic) bond motifs is 1. The fraction of sp³-hybridized carbons (Fsp3) is 0.263. The van der Waals surface area contributed by atoms with E-state index >= 15 is 0 Å². The number of methoxy groups -OCH3 is 1. The lowest BCUT2D eigenvalue weighted by Crippen LogP contribution is -2.18. The molecule has 2 aromatic carbocycles. The monoisotopic (exact) mass is 373 g/mol. The molecule has 1 amide bonds. The van der Waals surface area contributed by atoms with Gasteiger partial charge in [-0.15, -0.1) is 11.8 Å². The van der Waals surface area contributed by atoms with Crippen LogP contribution in [0.4, 0.5) is 5.69 Å². The van der Waals surface area contributed by atoms with Crippen molar-refractivity contribution in [1.29, 1.82) is 0 Å². The number of amides is 1. The van der Waals surface area contributed by atoms with E-state index in [1.165, 1.54) is 18.9 Å². The van der Waals surface area contributed by atoms with Crippen molar-refractivity contribution < 1.29 is 23.8 Å². The molecule has 2 aromatic rings. The minimum absolute atomic E-state index is 0.262. The lowest BCUT2D eigenvalue weighted by atomic mass is 10.2. The molecule has 1 N–H and O–H groups in total. The number of hydrogen-bond donors (Lipinski definition) is 1. The maximum atomic E-state index is 12.7. The van der Waals surface area contributed by atoms with Gasteiger partial charge in [0.25, 0.3) is 5.91 Å². The van der Waals surface area contributed by atoms with Crippen LogP contribution in [0.2, 0.25) is 0 Å². The van der Waals surface area contributed by atoms with Crippen LogP contribution in [-0.4, -0.2) is 37.4 Å². The van der Waals surface area contributed by atoms with Gasteiger partial charge >= 0.3 is 5.97 Å². The van der Waals surface area contributed by atoms with E-state index in [2.05, 4.69) is 5.32 Å². The molecule has 0 spiro atoms. The van der Waals surface area contributed by atoms with Gasteiger partial charge in [-0.1, -0.05) is 12.1 Å². The Morgan fingerprint density at radius 1 is 1.12 bits per heavy atom. The summed E-state index contributed by atoms with van der Waals surface area (Å²) in [6.07, 6.45) is 0. The van der Waals surface area contributed by atoms with Crippen LogP contribution in [0.1, 0.15) is 17.3 Å². The van der Waals surface area contributed by atoms with Crippen LogP contribution in [0.5, 0.6) is 11.5 Å². The average Bonchev–Trinajstić information content (AvgIpc) is 2.67. The number of carbonyl (C=O) groups excluding carboxylic acids is 2. The molecule has 136 valence electrons. The normalized spacial score (nSPS) is 13.6. The van der Waals surface area contributed by atoms with Gasteiger partial charge in [-0.05, 0) is 31.2 Å². The Balaban J connectivity index is 1.77. The van der Waals surface area contributed by atoms with E-state index in [0.29, 0.717) is 40.9 Å². The summed E-state index contributed by atoms with van der Waals surface area (Å²) in [4.78, 5) is 25.1. The third-order valence-corrected chi connectivity index (χ3v) is 4.92. The van der Waals surface area contributed by atoms with Gasteiger partial charge in [-0.2, -0.15) is 0 Å². The molecule has 0 aliphatic carbocycles. The van der Waals surface area contributed by atoms with Crippen molar-refractivity contribution in [1.82, 2.24) is 0 Å². The molecule has 26 heavy (non-hydrogen) atoms. The van der Waals surface area contributed by atoms with E-state index in [4.69, 9.17) is 14.2 Å². The fourth-order valence-corrected chi connectivity index (χ4v) is 3.50. The standard InChI is InChI=1S/C19H19NO5S/c1-12(19(22)23-2)26-17-6-4-3-5-14(17)18(21)20-13-7-8-15-16(11-13)25-10-9-24-15/h3-8,11-12H,9-10H2,1-2H3,(H,20,21). The maximum absolute atomic E-state index is 12.7. The Kier molecular flexibility index (Phi) is 5.68. The Hall–Kier alpha value is -2.67. The van der Waals surface area contributed by atoms with Crippen LogP contribution in [-0.2, 0) is 9.53 Å². The van der Waals surface area contributed by atoms with Gasteiger partial charge in [0.1, 0.15) is 18.5 Å². The zero-order valence-corrected chi connectivity index (χ0v) is 15.3. The maximum Gasteiger partial charge on any atom is 0.318 e. The van der Waals surface area contributed by atoms with Crippen molar-refractivity contribution in [2.75, 3.05) is 25.6 Å². The molecule has 1 heterocycles. The molecule has 1 aliphatic rings. The number of anilines is 1. The predicted octanol–water partition coefficient (Wildman–Crippen LogP) is 3.36. The fourth-order valence-electron chi connectivity index (χ4n) is 2.48. The molecule has 0 aromatic heterocycles. The Morgan fingerprint density at radius 2 is 1.85 bits per heavy atom. The smallest absolute Gasteiger partial charge is 0.318 e. The third kappa shape index (κ3) is 4.11. The van der Waals surface area contributed by atoms with E-state index < -0.39 is 5.25 Å². The van der Waals surface area contributed by atoms with Crippen molar-refractivity contribution in [2.24, 2.45) is 0 Å². The molecule has 3 rings (SSSR count). The quantitative estimate of drug-likeness (QED) is 0.640. The molecule has 1 atom stereocenters. The lowest BCUT2D eigenvalue weighted by Gasteiger charge is -2.19. The molecule has 0 saturated heterocycles. The number of ether oxygens (including phenoxy) is 3. The third-order valence-electron chi connectivity index (χ3n) is 3.77. The second-order valence-corrected chi connectivity index (χ2v) is 6.97. The summed E-state index contributed by atoms with van der Waals surface area (Å²) in [6, 6.07) is 12.4.